The van der Waals surface area contributed by atoms with Crippen LogP contribution < -0.4 is 5.32 Å². The Kier molecular flexibility index (Phi) is 4.99. The molecule has 0 atom stereocenters. The molecule has 2 aromatic carbocycles. The molecule has 28 heavy (non-hydrogen) atoms. The number of hydrogen-bond donors (Lipinski definition) is 1. The number of carbonyl (C=O) groups is 1. The molecule has 1 N–H and O–H groups in total. The Morgan fingerprint density at radius 1 is 1.04 bits per heavy atom. The van der Waals surface area contributed by atoms with Crippen molar-refractivity contribution < 1.29 is 9.21 Å². The van der Waals surface area contributed by atoms with Crippen LogP contribution in [0.25, 0.3) is 22.7 Å². The van der Waals surface area contributed by atoms with Gasteiger partial charge in [0.2, 0.25) is 12.3 Å². The lowest BCUT2D eigenvalue weighted by molar-refractivity contribution is 0.102. The molecule has 6 nitrogen and oxygen atoms in total. The fraction of sp³-hybridized carbons (Fsp3) is 0.0476. The number of nitrogens with zero attached hydrogens (tertiary/aromatic N) is 3. The molecule has 4 rings (SSSR count). The molecule has 0 radical (unpaired) electrons. The van der Waals surface area contributed by atoms with E-state index < -0.39 is 0 Å². The summed E-state index contributed by atoms with van der Waals surface area (Å²) >= 11 is 3.47. The maximum Gasteiger partial charge on any atom is 0.257 e. The van der Waals surface area contributed by atoms with E-state index in [4.69, 9.17) is 4.42 Å². The largest absolute Gasteiger partial charge is 0.423 e. The van der Waals surface area contributed by atoms with Crippen LogP contribution in [0.2, 0.25) is 0 Å². The molecule has 0 spiro atoms. The molecule has 1 amide bonds. The SMILES string of the molecule is Cc1nc(-c2cccc(Br)c2)ccc1C(=O)Nc1ccc(-c2nnco2)cc1. The average molecular weight is 435 g/mol. The number of pyridine rings is 1. The highest BCUT2D eigenvalue weighted by Crippen LogP contribution is 2.23. The minimum atomic E-state index is -0.212. The molecular weight excluding hydrogens is 420 g/mol. The van der Waals surface area contributed by atoms with E-state index >= 15 is 0 Å². The number of aryl methyl sites for hydroxylation is 1. The van der Waals surface area contributed by atoms with Crippen LogP contribution >= 0.6 is 15.9 Å². The number of carbonyl (C=O) groups excluding carboxylic acids is 1. The number of hydrogen-bond acceptors (Lipinski definition) is 5. The zero-order chi connectivity index (χ0) is 19.5. The number of nitrogens with one attached hydrogen (secondary N) is 1. The summed E-state index contributed by atoms with van der Waals surface area (Å²) in [5.41, 5.74) is 4.45. The predicted molar refractivity (Wildman–Crippen MR) is 110 cm³/mol. The summed E-state index contributed by atoms with van der Waals surface area (Å²) in [6.45, 7) is 1.83. The van der Waals surface area contributed by atoms with Gasteiger partial charge < -0.3 is 9.73 Å². The average Bonchev–Trinajstić information content (AvgIpc) is 3.23. The summed E-state index contributed by atoms with van der Waals surface area (Å²) in [5, 5.41) is 10.4. The highest BCUT2D eigenvalue weighted by molar-refractivity contribution is 9.10. The van der Waals surface area contributed by atoms with Gasteiger partial charge >= 0.3 is 0 Å². The highest BCUT2D eigenvalue weighted by atomic mass is 79.9. The van der Waals surface area contributed by atoms with Crippen LogP contribution in [0, 0.1) is 6.92 Å². The monoisotopic (exact) mass is 434 g/mol. The standard InChI is InChI=1S/C21H15BrN4O2/c1-13-18(9-10-19(24-13)15-3-2-4-16(22)11-15)20(27)25-17-7-5-14(6-8-17)21-26-23-12-28-21/h2-12H,1H3,(H,25,27). The zero-order valence-corrected chi connectivity index (χ0v) is 16.5. The summed E-state index contributed by atoms with van der Waals surface area (Å²) in [7, 11) is 0. The molecule has 0 fully saturated rings. The number of aromatic nitrogens is 3. The van der Waals surface area contributed by atoms with Crippen molar-refractivity contribution in [2.75, 3.05) is 5.32 Å². The van der Waals surface area contributed by atoms with E-state index in [-0.39, 0.29) is 5.91 Å². The lowest BCUT2D eigenvalue weighted by atomic mass is 10.1. The number of benzene rings is 2. The van der Waals surface area contributed by atoms with Crippen molar-refractivity contribution in [1.29, 1.82) is 0 Å². The Hall–Kier alpha value is -3.32. The molecule has 0 aliphatic rings. The molecule has 138 valence electrons. The van der Waals surface area contributed by atoms with Crippen molar-refractivity contribution in [2.24, 2.45) is 0 Å². The maximum atomic E-state index is 12.7. The lowest BCUT2D eigenvalue weighted by Gasteiger charge is -2.09. The number of rotatable bonds is 4. The first-order chi connectivity index (χ1) is 13.6. The van der Waals surface area contributed by atoms with E-state index in [0.29, 0.717) is 22.8 Å². The molecule has 0 bridgehead atoms. The second-order valence-electron chi connectivity index (χ2n) is 6.12. The van der Waals surface area contributed by atoms with Crippen LogP contribution in [0.1, 0.15) is 16.1 Å². The van der Waals surface area contributed by atoms with E-state index in [9.17, 15) is 4.79 Å². The van der Waals surface area contributed by atoms with Crippen LogP contribution in [0.5, 0.6) is 0 Å². The van der Waals surface area contributed by atoms with E-state index in [1.54, 1.807) is 18.2 Å². The van der Waals surface area contributed by atoms with Gasteiger partial charge in [0.1, 0.15) is 0 Å². The van der Waals surface area contributed by atoms with Crippen LogP contribution in [-0.2, 0) is 0 Å². The van der Waals surface area contributed by atoms with Crippen molar-refractivity contribution in [1.82, 2.24) is 15.2 Å². The van der Waals surface area contributed by atoms with Gasteiger partial charge in [0.15, 0.2) is 0 Å². The van der Waals surface area contributed by atoms with Crippen molar-refractivity contribution >= 4 is 27.5 Å². The topological polar surface area (TPSA) is 80.9 Å². The van der Waals surface area contributed by atoms with Crippen molar-refractivity contribution in [2.45, 2.75) is 6.92 Å². The van der Waals surface area contributed by atoms with E-state index in [1.165, 1.54) is 6.39 Å². The van der Waals surface area contributed by atoms with Gasteiger partial charge in [-0.2, -0.15) is 0 Å². The Labute approximate surface area is 169 Å². The van der Waals surface area contributed by atoms with Gasteiger partial charge in [-0.15, -0.1) is 10.2 Å². The minimum Gasteiger partial charge on any atom is -0.423 e. The molecule has 0 aliphatic heterocycles. The quantitative estimate of drug-likeness (QED) is 0.481. The van der Waals surface area contributed by atoms with E-state index in [0.717, 1.165) is 21.3 Å². The summed E-state index contributed by atoms with van der Waals surface area (Å²) < 4.78 is 6.14. The van der Waals surface area contributed by atoms with Gasteiger partial charge in [-0.25, -0.2) is 0 Å². The van der Waals surface area contributed by atoms with Crippen LogP contribution in [0.3, 0.4) is 0 Å². The smallest absolute Gasteiger partial charge is 0.257 e. The lowest BCUT2D eigenvalue weighted by Crippen LogP contribution is -2.14. The van der Waals surface area contributed by atoms with Gasteiger partial charge in [0, 0.05) is 21.3 Å². The predicted octanol–water partition coefficient (Wildman–Crippen LogP) is 5.12. The van der Waals surface area contributed by atoms with Crippen LogP contribution in [-0.4, -0.2) is 21.1 Å². The van der Waals surface area contributed by atoms with Crippen LogP contribution in [0.15, 0.2) is 75.9 Å². The number of anilines is 1. The zero-order valence-electron chi connectivity index (χ0n) is 14.9. The van der Waals surface area contributed by atoms with Crippen molar-refractivity contribution in [3.05, 3.63) is 82.8 Å². The second kappa shape index (κ2) is 7.74. The Balaban J connectivity index is 1.52. The number of amides is 1. The summed E-state index contributed by atoms with van der Waals surface area (Å²) in [4.78, 5) is 17.2. The third-order valence-corrected chi connectivity index (χ3v) is 4.69. The normalized spacial score (nSPS) is 10.6. The minimum absolute atomic E-state index is 0.212. The van der Waals surface area contributed by atoms with E-state index in [1.807, 2.05) is 49.4 Å². The Morgan fingerprint density at radius 3 is 2.54 bits per heavy atom. The molecular formula is C21H15BrN4O2. The van der Waals surface area contributed by atoms with Gasteiger partial charge in [-0.1, -0.05) is 28.1 Å². The molecule has 7 heteroatoms. The first kappa shape index (κ1) is 18.1. The molecule has 4 aromatic rings. The van der Waals surface area contributed by atoms with Crippen LogP contribution in [0.4, 0.5) is 5.69 Å². The Bertz CT molecular complexity index is 1130. The van der Waals surface area contributed by atoms with Gasteiger partial charge in [0.25, 0.3) is 5.91 Å². The van der Waals surface area contributed by atoms with E-state index in [2.05, 4.69) is 36.4 Å². The van der Waals surface area contributed by atoms with Gasteiger partial charge in [0.05, 0.1) is 17.0 Å². The summed E-state index contributed by atoms with van der Waals surface area (Å²) in [5.74, 6) is 0.220. The Morgan fingerprint density at radius 2 is 1.86 bits per heavy atom. The molecule has 0 saturated heterocycles. The third-order valence-electron chi connectivity index (χ3n) is 4.20. The van der Waals surface area contributed by atoms with Crippen molar-refractivity contribution in [3.63, 3.8) is 0 Å². The molecule has 2 aromatic heterocycles. The van der Waals surface area contributed by atoms with Gasteiger partial charge in [-0.05, 0) is 55.5 Å². The number of halogens is 1. The third kappa shape index (κ3) is 3.84. The fourth-order valence-corrected chi connectivity index (χ4v) is 3.20. The fourth-order valence-electron chi connectivity index (χ4n) is 2.80. The first-order valence-electron chi connectivity index (χ1n) is 8.52. The van der Waals surface area contributed by atoms with Gasteiger partial charge in [-0.3, -0.25) is 9.78 Å². The maximum absolute atomic E-state index is 12.7. The summed E-state index contributed by atoms with van der Waals surface area (Å²) in [6, 6.07) is 18.7. The second-order valence-corrected chi connectivity index (χ2v) is 7.03. The van der Waals surface area contributed by atoms with Crippen molar-refractivity contribution in [3.8, 4) is 22.7 Å². The highest BCUT2D eigenvalue weighted by Gasteiger charge is 2.12. The molecule has 0 unspecified atom stereocenters. The molecule has 2 heterocycles. The first-order valence-corrected chi connectivity index (χ1v) is 9.31. The molecule has 0 aliphatic carbocycles. The molecule has 0 saturated carbocycles. The summed E-state index contributed by atoms with van der Waals surface area (Å²) in [6.07, 6.45) is 1.28.